The van der Waals surface area contributed by atoms with Crippen LogP contribution in [0.1, 0.15) is 49.9 Å². The van der Waals surface area contributed by atoms with Crippen molar-refractivity contribution in [3.05, 3.63) is 88.7 Å². The van der Waals surface area contributed by atoms with Crippen LogP contribution in [0.3, 0.4) is 0 Å². The van der Waals surface area contributed by atoms with Crippen molar-refractivity contribution >= 4 is 11.7 Å². The van der Waals surface area contributed by atoms with Crippen LogP contribution in [0.15, 0.2) is 60.9 Å². The molecule has 1 amide bonds. The van der Waals surface area contributed by atoms with E-state index in [1.165, 1.54) is 0 Å². The van der Waals surface area contributed by atoms with Gasteiger partial charge in [0.2, 0.25) is 5.91 Å². The van der Waals surface area contributed by atoms with E-state index in [9.17, 15) is 9.59 Å². The van der Waals surface area contributed by atoms with Gasteiger partial charge >= 0.3 is 0 Å². The van der Waals surface area contributed by atoms with Crippen molar-refractivity contribution in [2.24, 2.45) is 5.73 Å². The van der Waals surface area contributed by atoms with Gasteiger partial charge in [-0.1, -0.05) is 12.1 Å². The van der Waals surface area contributed by atoms with E-state index >= 15 is 0 Å². The first kappa shape index (κ1) is 18.7. The van der Waals surface area contributed by atoms with Gasteiger partial charge < -0.3 is 15.2 Å². The van der Waals surface area contributed by atoms with Crippen LogP contribution in [0, 0.1) is 6.92 Å². The molecule has 0 spiro atoms. The minimum absolute atomic E-state index is 0.0774. The zero-order chi connectivity index (χ0) is 20.4. The number of carbonyl (C=O) groups excluding carboxylic acids is 2. The molecule has 0 radical (unpaired) electrons. The molecule has 6 nitrogen and oxygen atoms in total. The van der Waals surface area contributed by atoms with Gasteiger partial charge in [-0.15, -0.1) is 0 Å². The molecule has 2 N–H and O–H groups in total. The summed E-state index contributed by atoms with van der Waals surface area (Å²) in [5.74, 6) is 0.800. The van der Waals surface area contributed by atoms with Gasteiger partial charge in [-0.2, -0.15) is 0 Å². The average molecular weight is 388 g/mol. The first-order valence-corrected chi connectivity index (χ1v) is 9.30. The highest BCUT2D eigenvalue weighted by Gasteiger charge is 2.24. The lowest BCUT2D eigenvalue weighted by molar-refractivity contribution is 0.0931. The fourth-order valence-electron chi connectivity index (χ4n) is 3.40. The van der Waals surface area contributed by atoms with Crippen LogP contribution in [-0.2, 0) is 0 Å². The third-order valence-corrected chi connectivity index (χ3v) is 4.98. The number of ether oxygens (including phenoxy) is 2. The van der Waals surface area contributed by atoms with Gasteiger partial charge in [0, 0.05) is 29.9 Å². The second kappa shape index (κ2) is 7.75. The second-order valence-electron chi connectivity index (χ2n) is 6.85. The zero-order valence-electron chi connectivity index (χ0n) is 15.9. The van der Waals surface area contributed by atoms with Crippen molar-refractivity contribution in [1.29, 1.82) is 0 Å². The standard InChI is InChI=1S/C23H20N2O4/c1-14-20(7-6-18-19(26)10-13-28-21(14)18)29-22(16-8-11-25-12-9-16)15-2-4-17(5-3-15)23(24)27/h2-9,11-12,22H,10,13H2,1H3,(H2,24,27)/t22-/m0/s1. The highest BCUT2D eigenvalue weighted by molar-refractivity contribution is 6.00. The molecule has 2 aromatic carbocycles. The normalized spacial score (nSPS) is 13.9. The first-order valence-electron chi connectivity index (χ1n) is 9.30. The maximum absolute atomic E-state index is 12.1. The van der Waals surface area contributed by atoms with Crippen LogP contribution >= 0.6 is 0 Å². The first-order chi connectivity index (χ1) is 14.0. The van der Waals surface area contributed by atoms with E-state index in [0.29, 0.717) is 35.7 Å². The average Bonchev–Trinajstić information content (AvgIpc) is 2.74. The molecule has 1 aliphatic heterocycles. The molecule has 1 aliphatic rings. The van der Waals surface area contributed by atoms with Gasteiger partial charge in [0.1, 0.15) is 17.6 Å². The largest absolute Gasteiger partial charge is 0.492 e. The summed E-state index contributed by atoms with van der Waals surface area (Å²) in [6.07, 6.45) is 3.35. The summed E-state index contributed by atoms with van der Waals surface area (Å²) in [7, 11) is 0. The number of nitrogens with zero attached hydrogens (tertiary/aromatic N) is 1. The Morgan fingerprint density at radius 3 is 2.45 bits per heavy atom. The van der Waals surface area contributed by atoms with E-state index in [1.807, 2.05) is 31.2 Å². The Hall–Kier alpha value is -3.67. The number of pyridine rings is 1. The van der Waals surface area contributed by atoms with E-state index in [2.05, 4.69) is 4.98 Å². The topological polar surface area (TPSA) is 91.5 Å². The number of rotatable bonds is 5. The summed E-state index contributed by atoms with van der Waals surface area (Å²) in [6, 6.07) is 14.3. The van der Waals surface area contributed by atoms with E-state index in [4.69, 9.17) is 15.2 Å². The molecule has 146 valence electrons. The van der Waals surface area contributed by atoms with Gasteiger partial charge in [0.25, 0.3) is 0 Å². The Labute approximate surface area is 168 Å². The smallest absolute Gasteiger partial charge is 0.248 e. The predicted octanol–water partition coefficient (Wildman–Crippen LogP) is 3.62. The van der Waals surface area contributed by atoms with Crippen molar-refractivity contribution < 1.29 is 19.1 Å². The summed E-state index contributed by atoms with van der Waals surface area (Å²) >= 11 is 0. The molecule has 2 heterocycles. The van der Waals surface area contributed by atoms with Gasteiger partial charge in [-0.05, 0) is 54.4 Å². The van der Waals surface area contributed by atoms with Crippen LogP contribution in [-0.4, -0.2) is 23.3 Å². The number of Topliss-reactive ketones (excluding diaryl/α,β-unsaturated/α-hetero) is 1. The van der Waals surface area contributed by atoms with Crippen molar-refractivity contribution in [2.75, 3.05) is 6.61 Å². The van der Waals surface area contributed by atoms with Crippen molar-refractivity contribution in [1.82, 2.24) is 4.98 Å². The van der Waals surface area contributed by atoms with Crippen molar-refractivity contribution in [2.45, 2.75) is 19.4 Å². The quantitative estimate of drug-likeness (QED) is 0.721. The Balaban J connectivity index is 1.73. The molecular weight excluding hydrogens is 368 g/mol. The van der Waals surface area contributed by atoms with Crippen LogP contribution < -0.4 is 15.2 Å². The molecule has 0 saturated heterocycles. The lowest BCUT2D eigenvalue weighted by Gasteiger charge is -2.24. The minimum Gasteiger partial charge on any atom is -0.492 e. The van der Waals surface area contributed by atoms with Crippen molar-refractivity contribution in [3.8, 4) is 11.5 Å². The molecule has 0 aliphatic carbocycles. The third kappa shape index (κ3) is 3.69. The van der Waals surface area contributed by atoms with Crippen LogP contribution in [0.2, 0.25) is 0 Å². The van der Waals surface area contributed by atoms with Crippen LogP contribution in [0.5, 0.6) is 11.5 Å². The number of primary amides is 1. The monoisotopic (exact) mass is 388 g/mol. The van der Waals surface area contributed by atoms with Gasteiger partial charge in [0.05, 0.1) is 12.2 Å². The SMILES string of the molecule is Cc1c(O[C@H](c2ccncc2)c2ccc(C(N)=O)cc2)ccc2c1OCCC2=O. The number of hydrogen-bond acceptors (Lipinski definition) is 5. The molecule has 0 saturated carbocycles. The molecule has 0 fully saturated rings. The molecule has 0 unspecified atom stereocenters. The Morgan fingerprint density at radius 2 is 1.76 bits per heavy atom. The van der Waals surface area contributed by atoms with Gasteiger partial charge in [-0.3, -0.25) is 14.6 Å². The number of amides is 1. The lowest BCUT2D eigenvalue weighted by atomic mass is 9.99. The lowest BCUT2D eigenvalue weighted by Crippen LogP contribution is -2.17. The van der Waals surface area contributed by atoms with E-state index in [0.717, 1.165) is 16.7 Å². The molecule has 0 bridgehead atoms. The zero-order valence-corrected chi connectivity index (χ0v) is 15.9. The molecule has 1 atom stereocenters. The summed E-state index contributed by atoms with van der Waals surface area (Å²) in [5, 5.41) is 0. The number of nitrogens with two attached hydrogens (primary N) is 1. The maximum atomic E-state index is 12.1. The highest BCUT2D eigenvalue weighted by Crippen LogP contribution is 2.38. The predicted molar refractivity (Wildman–Crippen MR) is 107 cm³/mol. The maximum Gasteiger partial charge on any atom is 0.248 e. The molecule has 4 rings (SSSR count). The Morgan fingerprint density at radius 1 is 1.07 bits per heavy atom. The highest BCUT2D eigenvalue weighted by atomic mass is 16.5. The van der Waals surface area contributed by atoms with Crippen molar-refractivity contribution in [3.63, 3.8) is 0 Å². The molecule has 1 aromatic heterocycles. The Bertz CT molecular complexity index is 1060. The number of hydrogen-bond donors (Lipinski definition) is 1. The third-order valence-electron chi connectivity index (χ3n) is 4.98. The number of benzene rings is 2. The minimum atomic E-state index is -0.481. The van der Waals surface area contributed by atoms with E-state index in [-0.39, 0.29) is 5.78 Å². The summed E-state index contributed by atoms with van der Waals surface area (Å²) in [6.45, 7) is 2.26. The Kier molecular flexibility index (Phi) is 4.99. The van der Waals surface area contributed by atoms with Gasteiger partial charge in [0.15, 0.2) is 5.78 Å². The molecular formula is C23H20N2O4. The fraction of sp³-hybridized carbons (Fsp3) is 0.174. The number of aromatic nitrogens is 1. The van der Waals surface area contributed by atoms with Crippen LogP contribution in [0.4, 0.5) is 0 Å². The second-order valence-corrected chi connectivity index (χ2v) is 6.85. The molecule has 29 heavy (non-hydrogen) atoms. The number of fused-ring (bicyclic) bond motifs is 1. The molecule has 3 aromatic rings. The molecule has 6 heteroatoms. The summed E-state index contributed by atoms with van der Waals surface area (Å²) in [4.78, 5) is 27.6. The fourth-order valence-corrected chi connectivity index (χ4v) is 3.40. The summed E-state index contributed by atoms with van der Waals surface area (Å²) in [5.41, 5.74) is 8.91. The van der Waals surface area contributed by atoms with Gasteiger partial charge in [-0.25, -0.2) is 0 Å². The number of carbonyl (C=O) groups is 2. The van der Waals surface area contributed by atoms with E-state index < -0.39 is 12.0 Å². The van der Waals surface area contributed by atoms with E-state index in [1.54, 1.807) is 36.7 Å². The number of ketones is 1. The summed E-state index contributed by atoms with van der Waals surface area (Å²) < 4.78 is 12.1. The van der Waals surface area contributed by atoms with Crippen LogP contribution in [0.25, 0.3) is 0 Å².